The first-order chi connectivity index (χ1) is 18.5. The summed E-state index contributed by atoms with van der Waals surface area (Å²) < 4.78 is 24.2. The van der Waals surface area contributed by atoms with E-state index in [4.69, 9.17) is 18.9 Å². The van der Waals surface area contributed by atoms with Crippen LogP contribution in [0.5, 0.6) is 23.0 Å². The van der Waals surface area contributed by atoms with Crippen molar-refractivity contribution in [2.45, 2.75) is 51.2 Å². The lowest BCUT2D eigenvalue weighted by Gasteiger charge is -2.58. The predicted molar refractivity (Wildman–Crippen MR) is 153 cm³/mol. The highest BCUT2D eigenvalue weighted by molar-refractivity contribution is 6.12. The van der Waals surface area contributed by atoms with Gasteiger partial charge in [-0.2, -0.15) is 0 Å². The van der Waals surface area contributed by atoms with Crippen LogP contribution in [0.1, 0.15) is 42.9 Å². The smallest absolute Gasteiger partial charge is 0.161 e. The Kier molecular flexibility index (Phi) is 6.14. The Hall–Kier alpha value is -3.44. The van der Waals surface area contributed by atoms with E-state index in [1.807, 2.05) is 0 Å². The Balaban J connectivity index is 1.67. The third kappa shape index (κ3) is 3.70. The highest BCUT2D eigenvalue weighted by Crippen LogP contribution is 2.51. The maximum Gasteiger partial charge on any atom is 0.161 e. The van der Waals surface area contributed by atoms with Gasteiger partial charge in [-0.05, 0) is 71.1 Å². The van der Waals surface area contributed by atoms with Crippen molar-refractivity contribution in [1.29, 1.82) is 0 Å². The van der Waals surface area contributed by atoms with E-state index in [0.717, 1.165) is 52.4 Å². The number of rotatable bonds is 6. The summed E-state index contributed by atoms with van der Waals surface area (Å²) in [5, 5.41) is 4.83. The first-order valence-corrected chi connectivity index (χ1v) is 13.6. The molecule has 0 amide bonds. The SMILES string of the molecule is COc1cc2c3c(c4cc(OC)c(OC)cc4c2cc1OC)C[N@@+]1(Cc2ccccc2)CCCC[C@]1(C)C3. The monoisotopic (exact) mass is 512 g/mol. The largest absolute Gasteiger partial charge is 0.493 e. The van der Waals surface area contributed by atoms with Crippen LogP contribution in [-0.4, -0.2) is 45.0 Å². The van der Waals surface area contributed by atoms with E-state index in [-0.39, 0.29) is 5.54 Å². The van der Waals surface area contributed by atoms with Gasteiger partial charge in [0.25, 0.3) is 0 Å². The summed E-state index contributed by atoms with van der Waals surface area (Å²) in [5.41, 5.74) is 4.44. The van der Waals surface area contributed by atoms with Crippen molar-refractivity contribution in [3.8, 4) is 23.0 Å². The molecule has 5 nitrogen and oxygen atoms in total. The number of quaternary nitrogens is 1. The second kappa shape index (κ2) is 9.39. The highest BCUT2D eigenvalue weighted by Gasteiger charge is 2.52. The van der Waals surface area contributed by atoms with E-state index in [1.165, 1.54) is 58.7 Å². The summed E-state index contributed by atoms with van der Waals surface area (Å²) in [4.78, 5) is 0. The highest BCUT2D eigenvalue weighted by atomic mass is 16.5. The third-order valence-corrected chi connectivity index (χ3v) is 9.40. The zero-order valence-electron chi connectivity index (χ0n) is 23.2. The van der Waals surface area contributed by atoms with Crippen LogP contribution < -0.4 is 18.9 Å². The Morgan fingerprint density at radius 1 is 0.684 bits per heavy atom. The number of ether oxygens (including phenoxy) is 4. The number of hydrogen-bond acceptors (Lipinski definition) is 4. The molecule has 0 spiro atoms. The number of fused-ring (bicyclic) bond motifs is 7. The van der Waals surface area contributed by atoms with Crippen LogP contribution in [0, 0.1) is 0 Å². The molecule has 0 radical (unpaired) electrons. The molecule has 4 aromatic carbocycles. The van der Waals surface area contributed by atoms with Crippen LogP contribution in [0.15, 0.2) is 54.6 Å². The van der Waals surface area contributed by atoms with Gasteiger partial charge in [0.2, 0.25) is 0 Å². The molecule has 2 aliphatic heterocycles. The van der Waals surface area contributed by atoms with E-state index in [0.29, 0.717) is 0 Å². The molecule has 1 saturated heterocycles. The molecule has 0 aliphatic carbocycles. The van der Waals surface area contributed by atoms with Crippen LogP contribution in [-0.2, 0) is 19.5 Å². The second-order valence-electron chi connectivity index (χ2n) is 11.3. The van der Waals surface area contributed by atoms with Gasteiger partial charge in [-0.1, -0.05) is 30.3 Å². The van der Waals surface area contributed by atoms with Gasteiger partial charge < -0.3 is 23.4 Å². The molecule has 198 valence electrons. The Labute approximate surface area is 225 Å². The van der Waals surface area contributed by atoms with Crippen molar-refractivity contribution >= 4 is 21.5 Å². The summed E-state index contributed by atoms with van der Waals surface area (Å²) in [5.74, 6) is 3.02. The molecule has 0 aromatic heterocycles. The Bertz CT molecular complexity index is 1510. The van der Waals surface area contributed by atoms with E-state index < -0.39 is 0 Å². The minimum Gasteiger partial charge on any atom is -0.493 e. The van der Waals surface area contributed by atoms with Gasteiger partial charge in [-0.15, -0.1) is 0 Å². The topological polar surface area (TPSA) is 36.9 Å². The standard InChI is InChI=1S/C33H38NO4/c1-33-13-9-10-14-34(33,20-22-11-7-6-8-12-22)21-28-26-18-32(38-5)30(36-3)16-24(26)23-15-29(35-2)31(37-4)17-25(23)27(28)19-33/h6-8,11-12,15-18H,9-10,13-14,19-21H2,1-5H3/q+1/t33-,34+/m1/s1. The molecule has 6 rings (SSSR count). The van der Waals surface area contributed by atoms with Gasteiger partial charge in [-0.3, -0.25) is 0 Å². The lowest BCUT2D eigenvalue weighted by atomic mass is 9.72. The quantitative estimate of drug-likeness (QED) is 0.205. The van der Waals surface area contributed by atoms with Crippen molar-refractivity contribution in [3.05, 3.63) is 71.3 Å². The predicted octanol–water partition coefficient (Wildman–Crippen LogP) is 7.04. The number of benzene rings is 4. The minimum atomic E-state index is 0.158. The van der Waals surface area contributed by atoms with Crippen molar-refractivity contribution in [2.75, 3.05) is 35.0 Å². The minimum absolute atomic E-state index is 0.158. The zero-order valence-corrected chi connectivity index (χ0v) is 23.2. The van der Waals surface area contributed by atoms with Gasteiger partial charge in [0, 0.05) is 24.0 Å². The maximum absolute atomic E-state index is 5.80. The molecule has 0 unspecified atom stereocenters. The van der Waals surface area contributed by atoms with Crippen molar-refractivity contribution in [3.63, 3.8) is 0 Å². The fourth-order valence-electron chi connectivity index (χ4n) is 7.31. The van der Waals surface area contributed by atoms with Crippen LogP contribution in [0.25, 0.3) is 21.5 Å². The average molecular weight is 513 g/mol. The molecule has 1 fully saturated rings. The molecule has 4 aromatic rings. The summed E-state index contributed by atoms with van der Waals surface area (Å²) in [6, 6.07) is 19.7. The third-order valence-electron chi connectivity index (χ3n) is 9.40. The van der Waals surface area contributed by atoms with Gasteiger partial charge in [0.15, 0.2) is 23.0 Å². The van der Waals surface area contributed by atoms with E-state index >= 15 is 0 Å². The molecule has 2 heterocycles. The lowest BCUT2D eigenvalue weighted by molar-refractivity contribution is -1.00. The van der Waals surface area contributed by atoms with E-state index in [2.05, 4.69) is 61.5 Å². The normalized spacial score (nSPS) is 22.6. The lowest BCUT2D eigenvalue weighted by Crippen LogP contribution is -2.67. The summed E-state index contributed by atoms with van der Waals surface area (Å²) in [6.45, 7) is 5.78. The van der Waals surface area contributed by atoms with Crippen LogP contribution >= 0.6 is 0 Å². The van der Waals surface area contributed by atoms with Crippen LogP contribution in [0.2, 0.25) is 0 Å². The molecular formula is C33H38NO4+. The van der Waals surface area contributed by atoms with E-state index in [1.54, 1.807) is 28.4 Å². The first-order valence-electron chi connectivity index (χ1n) is 13.6. The zero-order chi connectivity index (χ0) is 26.5. The van der Waals surface area contributed by atoms with Gasteiger partial charge >= 0.3 is 0 Å². The fraction of sp³-hybridized carbons (Fsp3) is 0.394. The van der Waals surface area contributed by atoms with Crippen molar-refractivity contribution in [1.82, 2.24) is 0 Å². The summed E-state index contributed by atoms with van der Waals surface area (Å²) in [7, 11) is 6.84. The molecule has 38 heavy (non-hydrogen) atoms. The van der Waals surface area contributed by atoms with Gasteiger partial charge in [0.05, 0.1) is 35.0 Å². The number of hydrogen-bond donors (Lipinski definition) is 0. The molecule has 5 heteroatoms. The van der Waals surface area contributed by atoms with Crippen LogP contribution in [0.4, 0.5) is 0 Å². The Morgan fingerprint density at radius 2 is 1.21 bits per heavy atom. The van der Waals surface area contributed by atoms with Gasteiger partial charge in [-0.25, -0.2) is 0 Å². The van der Waals surface area contributed by atoms with Crippen LogP contribution in [0.3, 0.4) is 0 Å². The number of methoxy groups -OCH3 is 4. The number of piperidine rings is 1. The summed E-state index contributed by atoms with van der Waals surface area (Å²) >= 11 is 0. The maximum atomic E-state index is 5.80. The average Bonchev–Trinajstić information content (AvgIpc) is 2.95. The Morgan fingerprint density at radius 3 is 1.76 bits per heavy atom. The van der Waals surface area contributed by atoms with Crippen molar-refractivity contribution in [2.24, 2.45) is 0 Å². The molecule has 2 aliphatic rings. The second-order valence-corrected chi connectivity index (χ2v) is 11.3. The fourth-order valence-corrected chi connectivity index (χ4v) is 7.31. The van der Waals surface area contributed by atoms with E-state index in [9.17, 15) is 0 Å². The molecule has 2 atom stereocenters. The molecule has 0 bridgehead atoms. The summed E-state index contributed by atoms with van der Waals surface area (Å²) in [6.07, 6.45) is 4.82. The first kappa shape index (κ1) is 24.9. The van der Waals surface area contributed by atoms with Gasteiger partial charge in [0.1, 0.15) is 18.6 Å². The molecular weight excluding hydrogens is 474 g/mol. The van der Waals surface area contributed by atoms with Crippen molar-refractivity contribution < 1.29 is 23.4 Å². The molecule has 0 N–H and O–H groups in total. The number of nitrogens with zero attached hydrogens (tertiary/aromatic N) is 1. The molecule has 0 saturated carbocycles.